The van der Waals surface area contributed by atoms with Crippen LogP contribution in [0.3, 0.4) is 0 Å². The molecule has 4 aromatic rings. The van der Waals surface area contributed by atoms with Crippen molar-refractivity contribution in [2.45, 2.75) is 26.7 Å². The van der Waals surface area contributed by atoms with Gasteiger partial charge in [0, 0.05) is 6.42 Å². The van der Waals surface area contributed by atoms with Crippen molar-refractivity contribution in [1.29, 1.82) is 0 Å². The van der Waals surface area contributed by atoms with Gasteiger partial charge in [-0.15, -0.1) is 10.2 Å². The second-order valence-electron chi connectivity index (χ2n) is 5.69. The molecule has 0 aliphatic rings. The van der Waals surface area contributed by atoms with Gasteiger partial charge in [-0.1, -0.05) is 23.4 Å². The smallest absolute Gasteiger partial charge is 0.259 e. The largest absolute Gasteiger partial charge is 0.463 e. The number of amides is 1. The molecule has 0 aliphatic heterocycles. The Balaban J connectivity index is 1.73. The molecular formula is C17H15N5O3S. The van der Waals surface area contributed by atoms with Crippen molar-refractivity contribution in [2.24, 2.45) is 0 Å². The van der Waals surface area contributed by atoms with Gasteiger partial charge in [-0.2, -0.15) is 0 Å². The summed E-state index contributed by atoms with van der Waals surface area (Å²) in [5.74, 6) is 0.215. The number of furan rings is 1. The Morgan fingerprint density at radius 1 is 1.35 bits per heavy atom. The molecule has 0 unspecified atom stereocenters. The van der Waals surface area contributed by atoms with Crippen molar-refractivity contribution in [2.75, 3.05) is 5.32 Å². The highest BCUT2D eigenvalue weighted by Gasteiger charge is 2.21. The number of aryl methyl sites for hydroxylation is 2. The van der Waals surface area contributed by atoms with Crippen LogP contribution in [0.2, 0.25) is 0 Å². The first kappa shape index (κ1) is 16.4. The van der Waals surface area contributed by atoms with E-state index in [0.29, 0.717) is 33.2 Å². The van der Waals surface area contributed by atoms with Crippen LogP contribution in [0.5, 0.6) is 0 Å². The number of rotatable bonds is 5. The van der Waals surface area contributed by atoms with E-state index in [1.54, 1.807) is 31.4 Å². The molecule has 0 aliphatic carbocycles. The van der Waals surface area contributed by atoms with Crippen LogP contribution in [-0.2, 0) is 6.42 Å². The van der Waals surface area contributed by atoms with Crippen LogP contribution in [0.4, 0.5) is 5.13 Å². The van der Waals surface area contributed by atoms with E-state index in [-0.39, 0.29) is 11.6 Å². The lowest BCUT2D eigenvalue weighted by Crippen LogP contribution is -2.13. The van der Waals surface area contributed by atoms with Gasteiger partial charge in [0.15, 0.2) is 5.76 Å². The summed E-state index contributed by atoms with van der Waals surface area (Å²) in [5.41, 5.74) is 1.76. The van der Waals surface area contributed by atoms with Gasteiger partial charge < -0.3 is 8.94 Å². The van der Waals surface area contributed by atoms with Crippen LogP contribution in [0.15, 0.2) is 33.4 Å². The maximum absolute atomic E-state index is 12.9. The molecule has 8 nitrogen and oxygen atoms in total. The minimum absolute atomic E-state index is 0.283. The molecule has 26 heavy (non-hydrogen) atoms. The topological polar surface area (TPSA) is 107 Å². The summed E-state index contributed by atoms with van der Waals surface area (Å²) in [6, 6.07) is 5.18. The standard InChI is InChI=1S/C17H15N5O3S/c1-3-5-13-20-21-17(26-13)19-15(23)10-8-11(12-6-4-7-24-12)18-16-14(10)9(2)22-25-16/h4,6-8H,3,5H2,1-2H3,(H,19,21,23). The fourth-order valence-corrected chi connectivity index (χ4v) is 3.44. The quantitative estimate of drug-likeness (QED) is 0.569. The Morgan fingerprint density at radius 3 is 3.00 bits per heavy atom. The van der Waals surface area contributed by atoms with E-state index >= 15 is 0 Å². The molecule has 0 aromatic carbocycles. The summed E-state index contributed by atoms with van der Waals surface area (Å²) in [5, 5.41) is 16.7. The van der Waals surface area contributed by atoms with Crippen molar-refractivity contribution < 1.29 is 13.7 Å². The number of fused-ring (bicyclic) bond motifs is 1. The second kappa shape index (κ2) is 6.68. The Morgan fingerprint density at radius 2 is 2.23 bits per heavy atom. The molecule has 4 rings (SSSR count). The molecule has 4 heterocycles. The lowest BCUT2D eigenvalue weighted by molar-refractivity contribution is 0.102. The molecule has 4 aromatic heterocycles. The molecule has 0 bridgehead atoms. The fraction of sp³-hybridized carbons (Fsp3) is 0.235. The average molecular weight is 369 g/mol. The van der Waals surface area contributed by atoms with E-state index in [2.05, 4.69) is 32.6 Å². The Kier molecular flexibility index (Phi) is 4.21. The molecule has 0 radical (unpaired) electrons. The lowest BCUT2D eigenvalue weighted by atomic mass is 10.1. The van der Waals surface area contributed by atoms with Gasteiger partial charge in [-0.25, -0.2) is 4.98 Å². The molecule has 1 amide bonds. The first-order valence-corrected chi connectivity index (χ1v) is 8.92. The summed E-state index contributed by atoms with van der Waals surface area (Å²) >= 11 is 1.37. The molecule has 0 atom stereocenters. The van der Waals surface area contributed by atoms with Gasteiger partial charge >= 0.3 is 0 Å². The minimum atomic E-state index is -0.323. The Labute approximate surface area is 152 Å². The van der Waals surface area contributed by atoms with E-state index in [1.165, 1.54) is 11.3 Å². The second-order valence-corrected chi connectivity index (χ2v) is 6.75. The van der Waals surface area contributed by atoms with Gasteiger partial charge in [0.25, 0.3) is 11.6 Å². The number of hydrogen-bond acceptors (Lipinski definition) is 8. The molecule has 0 saturated heterocycles. The van der Waals surface area contributed by atoms with Crippen molar-refractivity contribution in [3.63, 3.8) is 0 Å². The highest BCUT2D eigenvalue weighted by molar-refractivity contribution is 7.15. The Bertz CT molecular complexity index is 1070. The maximum atomic E-state index is 12.9. The van der Waals surface area contributed by atoms with E-state index in [9.17, 15) is 4.79 Å². The fourth-order valence-electron chi connectivity index (χ4n) is 2.61. The molecule has 9 heteroatoms. The van der Waals surface area contributed by atoms with Crippen LogP contribution in [0.25, 0.3) is 22.6 Å². The van der Waals surface area contributed by atoms with E-state index in [4.69, 9.17) is 8.94 Å². The highest BCUT2D eigenvalue weighted by atomic mass is 32.1. The predicted molar refractivity (Wildman–Crippen MR) is 96.1 cm³/mol. The summed E-state index contributed by atoms with van der Waals surface area (Å²) in [4.78, 5) is 17.3. The number of aromatic nitrogens is 4. The number of nitrogens with one attached hydrogen (secondary N) is 1. The normalized spacial score (nSPS) is 11.2. The summed E-state index contributed by atoms with van der Waals surface area (Å²) in [6.45, 7) is 3.83. The minimum Gasteiger partial charge on any atom is -0.463 e. The van der Waals surface area contributed by atoms with Crippen LogP contribution in [-0.4, -0.2) is 26.2 Å². The first-order chi connectivity index (χ1) is 12.7. The van der Waals surface area contributed by atoms with Gasteiger partial charge in [-0.3, -0.25) is 10.1 Å². The van der Waals surface area contributed by atoms with Crippen LogP contribution in [0, 0.1) is 6.92 Å². The van der Waals surface area contributed by atoms with Gasteiger partial charge in [0.05, 0.1) is 22.9 Å². The zero-order valence-electron chi connectivity index (χ0n) is 14.1. The predicted octanol–water partition coefficient (Wildman–Crippen LogP) is 3.85. The van der Waals surface area contributed by atoms with Crippen LogP contribution in [0.1, 0.15) is 34.4 Å². The van der Waals surface area contributed by atoms with Crippen LogP contribution < -0.4 is 5.32 Å². The van der Waals surface area contributed by atoms with Crippen molar-refractivity contribution in [3.8, 4) is 11.5 Å². The van der Waals surface area contributed by atoms with E-state index in [0.717, 1.165) is 17.8 Å². The van der Waals surface area contributed by atoms with Crippen molar-refractivity contribution in [3.05, 3.63) is 40.7 Å². The first-order valence-electron chi connectivity index (χ1n) is 8.10. The van der Waals surface area contributed by atoms with E-state index < -0.39 is 0 Å². The highest BCUT2D eigenvalue weighted by Crippen LogP contribution is 2.28. The lowest BCUT2D eigenvalue weighted by Gasteiger charge is -2.05. The zero-order valence-corrected chi connectivity index (χ0v) is 15.0. The number of carbonyl (C=O) groups excluding carboxylic acids is 1. The number of hydrogen-bond donors (Lipinski definition) is 1. The van der Waals surface area contributed by atoms with Crippen LogP contribution >= 0.6 is 11.3 Å². The molecule has 0 spiro atoms. The maximum Gasteiger partial charge on any atom is 0.259 e. The summed E-state index contributed by atoms with van der Waals surface area (Å²) < 4.78 is 10.6. The van der Waals surface area contributed by atoms with Gasteiger partial charge in [-0.05, 0) is 31.5 Å². The third kappa shape index (κ3) is 2.97. The molecule has 0 fully saturated rings. The van der Waals surface area contributed by atoms with Crippen molar-refractivity contribution >= 4 is 33.5 Å². The number of nitrogens with zero attached hydrogens (tertiary/aromatic N) is 4. The molecule has 0 saturated carbocycles. The summed E-state index contributed by atoms with van der Waals surface area (Å²) in [7, 11) is 0. The molecule has 1 N–H and O–H groups in total. The zero-order chi connectivity index (χ0) is 18.1. The van der Waals surface area contributed by atoms with Gasteiger partial charge in [0.2, 0.25) is 5.13 Å². The van der Waals surface area contributed by atoms with Crippen molar-refractivity contribution in [1.82, 2.24) is 20.3 Å². The monoisotopic (exact) mass is 369 g/mol. The number of anilines is 1. The van der Waals surface area contributed by atoms with E-state index in [1.807, 2.05) is 0 Å². The molecule has 132 valence electrons. The SMILES string of the molecule is CCCc1nnc(NC(=O)c2cc(-c3ccco3)nc3onc(C)c23)s1. The summed E-state index contributed by atoms with van der Waals surface area (Å²) in [6.07, 6.45) is 3.35. The molecular weight excluding hydrogens is 354 g/mol. The third-order valence-electron chi connectivity index (χ3n) is 3.79. The Hall–Kier alpha value is -3.07. The van der Waals surface area contributed by atoms with Gasteiger partial charge in [0.1, 0.15) is 10.7 Å². The number of pyridine rings is 1. The number of carbonyl (C=O) groups is 1. The third-order valence-corrected chi connectivity index (χ3v) is 4.68. The average Bonchev–Trinajstić information content (AvgIpc) is 3.37.